The number of hydrogen-bond acceptors (Lipinski definition) is 7. The lowest BCUT2D eigenvalue weighted by atomic mass is 10.0. The van der Waals surface area contributed by atoms with E-state index in [-0.39, 0.29) is 10.6 Å². The van der Waals surface area contributed by atoms with Gasteiger partial charge in [-0.2, -0.15) is 0 Å². The maximum absolute atomic E-state index is 11.9. The summed E-state index contributed by atoms with van der Waals surface area (Å²) in [6.45, 7) is 0. The molecular weight excluding hydrogens is 602 g/mol. The van der Waals surface area contributed by atoms with Crippen LogP contribution in [-0.4, -0.2) is 14.9 Å². The number of nitrogens with zero attached hydrogens (tertiary/aromatic N) is 3. The Bertz CT molecular complexity index is 2950. The Kier molecular flexibility index (Phi) is 5.42. The molecule has 0 radical (unpaired) electrons. The minimum absolute atomic E-state index is 0.0220. The number of nitro groups is 1. The van der Waals surface area contributed by atoms with Crippen molar-refractivity contribution in [3.63, 3.8) is 0 Å². The molecule has 0 unspecified atom stereocenters. The lowest BCUT2D eigenvalue weighted by molar-refractivity contribution is -0.384. The number of rotatable bonds is 4. The Morgan fingerprint density at radius 3 is 1.79 bits per heavy atom. The molecule has 4 heterocycles. The molecule has 226 valence electrons. The van der Waals surface area contributed by atoms with Gasteiger partial charge in [-0.1, -0.05) is 78.9 Å². The van der Waals surface area contributed by atoms with Crippen molar-refractivity contribution in [1.29, 1.82) is 0 Å². The molecule has 0 saturated carbocycles. The molecule has 0 aliphatic rings. The van der Waals surface area contributed by atoms with Crippen LogP contribution in [-0.2, 0) is 0 Å². The van der Waals surface area contributed by atoms with E-state index in [9.17, 15) is 10.1 Å². The second-order valence-electron chi connectivity index (χ2n) is 11.7. The fraction of sp³-hybridized carbons (Fsp3) is 0. The van der Waals surface area contributed by atoms with E-state index in [4.69, 9.17) is 23.2 Å². The monoisotopic (exact) mass is 623 g/mol. The van der Waals surface area contributed by atoms with Crippen molar-refractivity contribution in [1.82, 2.24) is 9.97 Å². The molecule has 0 bridgehead atoms. The summed E-state index contributed by atoms with van der Waals surface area (Å²) < 4.78 is 19.4. The average molecular weight is 624 g/mol. The minimum Gasteiger partial charge on any atom is -0.455 e. The van der Waals surface area contributed by atoms with Gasteiger partial charge in [0.2, 0.25) is 0 Å². The highest BCUT2D eigenvalue weighted by Gasteiger charge is 2.24. The van der Waals surface area contributed by atoms with E-state index in [0.717, 1.165) is 43.8 Å². The van der Waals surface area contributed by atoms with E-state index in [1.165, 1.54) is 6.07 Å². The maximum atomic E-state index is 11.9. The second-order valence-corrected chi connectivity index (χ2v) is 11.7. The first-order valence-corrected chi connectivity index (χ1v) is 15.4. The zero-order valence-corrected chi connectivity index (χ0v) is 25.0. The number of para-hydroxylation sites is 5. The van der Waals surface area contributed by atoms with Gasteiger partial charge in [0.05, 0.1) is 16.1 Å². The Hall–Kier alpha value is -6.80. The minimum atomic E-state index is -0.368. The molecule has 8 heteroatoms. The van der Waals surface area contributed by atoms with Crippen molar-refractivity contribution in [2.24, 2.45) is 0 Å². The number of hydrogen-bond donors (Lipinski definition) is 0. The number of benzene rings is 6. The molecule has 0 atom stereocenters. The molecule has 0 spiro atoms. The zero-order valence-electron chi connectivity index (χ0n) is 25.0. The Morgan fingerprint density at radius 2 is 1.06 bits per heavy atom. The van der Waals surface area contributed by atoms with Crippen LogP contribution in [0.25, 0.3) is 99.7 Å². The fourth-order valence-electron chi connectivity index (χ4n) is 6.85. The molecule has 10 aromatic rings. The van der Waals surface area contributed by atoms with Crippen LogP contribution in [0.1, 0.15) is 0 Å². The first kappa shape index (κ1) is 26.4. The van der Waals surface area contributed by atoms with Crippen molar-refractivity contribution in [2.45, 2.75) is 0 Å². The Labute approximate surface area is 270 Å². The van der Waals surface area contributed by atoms with E-state index < -0.39 is 0 Å². The van der Waals surface area contributed by atoms with Gasteiger partial charge in [-0.3, -0.25) is 10.1 Å². The van der Waals surface area contributed by atoms with Gasteiger partial charge in [0.25, 0.3) is 5.69 Å². The van der Waals surface area contributed by atoms with Gasteiger partial charge in [0.1, 0.15) is 39.1 Å². The normalized spacial score (nSPS) is 11.9. The predicted molar refractivity (Wildman–Crippen MR) is 187 cm³/mol. The molecule has 4 aromatic heterocycles. The van der Waals surface area contributed by atoms with Gasteiger partial charge in [-0.05, 0) is 48.0 Å². The number of fused-ring (bicyclic) bond motifs is 9. The van der Waals surface area contributed by atoms with E-state index in [1.807, 2.05) is 103 Å². The standard InChI is InChI=1S/C40H21N3O5/c44-43(45)31-16-4-1-9-23(31)22-19-20-34-30(21-22)36-39(48-34)35(28-14-7-12-26-24-10-2-5-17-32(24)46-37(26)28)41-40(42-36)29-15-8-13-27-25-11-3-6-18-33(25)47-38(27)29/h1-21H. The molecule has 8 nitrogen and oxygen atoms in total. The number of furan rings is 3. The molecule has 0 fully saturated rings. The van der Waals surface area contributed by atoms with Gasteiger partial charge in [0, 0.05) is 38.6 Å². The molecule has 6 aromatic carbocycles. The summed E-state index contributed by atoms with van der Waals surface area (Å²) in [5.41, 5.74) is 7.82. The molecule has 48 heavy (non-hydrogen) atoms. The SMILES string of the molecule is O=[N+]([O-])c1ccccc1-c1ccc2oc3c(-c4cccc5c4oc4ccccc45)nc(-c4cccc5c4oc4ccccc45)nc3c2c1. The number of aromatic nitrogens is 2. The topological polar surface area (TPSA) is 108 Å². The molecule has 0 N–H and O–H groups in total. The van der Waals surface area contributed by atoms with Crippen LogP contribution in [0.15, 0.2) is 141 Å². The lowest BCUT2D eigenvalue weighted by Crippen LogP contribution is -1.94. The van der Waals surface area contributed by atoms with Crippen LogP contribution in [0.3, 0.4) is 0 Å². The highest BCUT2D eigenvalue weighted by atomic mass is 16.6. The van der Waals surface area contributed by atoms with Gasteiger partial charge >= 0.3 is 0 Å². The van der Waals surface area contributed by atoms with Crippen molar-refractivity contribution in [3.8, 4) is 33.8 Å². The third kappa shape index (κ3) is 3.77. The highest BCUT2D eigenvalue weighted by Crippen LogP contribution is 2.43. The van der Waals surface area contributed by atoms with Crippen LogP contribution >= 0.6 is 0 Å². The molecule has 0 amide bonds. The summed E-state index contributed by atoms with van der Waals surface area (Å²) >= 11 is 0. The van der Waals surface area contributed by atoms with Crippen LogP contribution in [0.2, 0.25) is 0 Å². The first-order valence-electron chi connectivity index (χ1n) is 15.4. The smallest absolute Gasteiger partial charge is 0.277 e. The van der Waals surface area contributed by atoms with Gasteiger partial charge in [-0.15, -0.1) is 0 Å². The first-order chi connectivity index (χ1) is 23.6. The largest absolute Gasteiger partial charge is 0.455 e. The third-order valence-corrected chi connectivity index (χ3v) is 9.03. The molecule has 10 rings (SSSR count). The van der Waals surface area contributed by atoms with E-state index in [2.05, 4.69) is 0 Å². The highest BCUT2D eigenvalue weighted by molar-refractivity contribution is 6.15. The van der Waals surface area contributed by atoms with Gasteiger partial charge in [-0.25, -0.2) is 9.97 Å². The summed E-state index contributed by atoms with van der Waals surface area (Å²) in [7, 11) is 0. The van der Waals surface area contributed by atoms with E-state index in [1.54, 1.807) is 18.2 Å². The van der Waals surface area contributed by atoms with E-state index in [0.29, 0.717) is 55.9 Å². The van der Waals surface area contributed by atoms with Crippen molar-refractivity contribution in [2.75, 3.05) is 0 Å². The van der Waals surface area contributed by atoms with E-state index >= 15 is 0 Å². The zero-order chi connectivity index (χ0) is 31.9. The van der Waals surface area contributed by atoms with Crippen LogP contribution in [0.5, 0.6) is 0 Å². The van der Waals surface area contributed by atoms with Crippen LogP contribution in [0.4, 0.5) is 5.69 Å². The quantitative estimate of drug-likeness (QED) is 0.142. The summed E-state index contributed by atoms with van der Waals surface area (Å²) in [5.74, 6) is 0.453. The third-order valence-electron chi connectivity index (χ3n) is 9.03. The molecule has 0 aliphatic carbocycles. The molecular formula is C40H21N3O5. The van der Waals surface area contributed by atoms with Crippen molar-refractivity contribution in [3.05, 3.63) is 138 Å². The predicted octanol–water partition coefficient (Wildman–Crippen LogP) is 11.1. The molecule has 0 saturated heterocycles. The van der Waals surface area contributed by atoms with Crippen molar-refractivity contribution >= 4 is 71.6 Å². The summed E-state index contributed by atoms with van der Waals surface area (Å²) in [6.07, 6.45) is 0. The van der Waals surface area contributed by atoms with Gasteiger partial charge in [0.15, 0.2) is 11.4 Å². The molecule has 0 aliphatic heterocycles. The average Bonchev–Trinajstić information content (AvgIpc) is 3.82. The lowest BCUT2D eigenvalue weighted by Gasteiger charge is -2.07. The Morgan fingerprint density at radius 1 is 0.500 bits per heavy atom. The second kappa shape index (κ2) is 9.85. The fourth-order valence-corrected chi connectivity index (χ4v) is 6.85. The summed E-state index contributed by atoms with van der Waals surface area (Å²) in [6, 6.07) is 40.1. The summed E-state index contributed by atoms with van der Waals surface area (Å²) in [5, 5.41) is 16.6. The summed E-state index contributed by atoms with van der Waals surface area (Å²) in [4.78, 5) is 21.9. The Balaban J connectivity index is 1.31. The number of nitro benzene ring substituents is 1. The maximum Gasteiger partial charge on any atom is 0.277 e. The van der Waals surface area contributed by atoms with Crippen LogP contribution in [0, 0.1) is 10.1 Å². The van der Waals surface area contributed by atoms with Crippen LogP contribution < -0.4 is 0 Å². The van der Waals surface area contributed by atoms with Crippen molar-refractivity contribution < 1.29 is 18.2 Å². The van der Waals surface area contributed by atoms with Gasteiger partial charge < -0.3 is 13.3 Å².